The molecule has 0 spiro atoms. The van der Waals surface area contributed by atoms with E-state index in [2.05, 4.69) is 34.8 Å². The lowest BCUT2D eigenvalue weighted by atomic mass is 9.83. The molecule has 0 aromatic rings. The Labute approximate surface area is 108 Å². The van der Waals surface area contributed by atoms with Crippen LogP contribution in [0.5, 0.6) is 0 Å². The van der Waals surface area contributed by atoms with Crippen molar-refractivity contribution in [2.24, 2.45) is 0 Å². The summed E-state index contributed by atoms with van der Waals surface area (Å²) < 4.78 is 116. The zero-order valence-corrected chi connectivity index (χ0v) is 9.80. The molecule has 0 saturated heterocycles. The summed E-state index contributed by atoms with van der Waals surface area (Å²) in [5.41, 5.74) is 0. The Balaban J connectivity index is 3.72. The molecule has 0 bridgehead atoms. The van der Waals surface area contributed by atoms with Gasteiger partial charge in [-0.1, -0.05) is 34.8 Å². The molecule has 3 atom stereocenters. The van der Waals surface area contributed by atoms with Gasteiger partial charge in [-0.3, -0.25) is 0 Å². The molecule has 0 aromatic carbocycles. The quantitative estimate of drug-likeness (QED) is 0.442. The summed E-state index contributed by atoms with van der Waals surface area (Å²) in [7, 11) is 0. The highest BCUT2D eigenvalue weighted by atomic mass is 35.5. The SMILES string of the molecule is FC1(F)C(F)(F)C(F)(Cl)C(F)(Cl)C(F)(F)C1(F)Cl. The first-order chi connectivity index (χ1) is 7.50. The number of hydrogen-bond donors (Lipinski definition) is 0. The van der Waals surface area contributed by atoms with E-state index in [0.717, 1.165) is 0 Å². The smallest absolute Gasteiger partial charge is 0.214 e. The predicted octanol–water partition coefficient (Wildman–Crippen LogP) is 4.62. The third-order valence-corrected chi connectivity index (χ3v) is 3.93. The predicted molar refractivity (Wildman–Crippen MR) is 43.9 cm³/mol. The highest BCUT2D eigenvalue weighted by molar-refractivity contribution is 6.36. The van der Waals surface area contributed by atoms with Crippen LogP contribution in [0.1, 0.15) is 0 Å². The van der Waals surface area contributed by atoms with Crippen LogP contribution < -0.4 is 0 Å². The van der Waals surface area contributed by atoms with Crippen molar-refractivity contribution in [2.45, 2.75) is 33.2 Å². The van der Waals surface area contributed by atoms with Crippen LogP contribution in [0, 0.1) is 0 Å². The zero-order valence-electron chi connectivity index (χ0n) is 7.54. The van der Waals surface area contributed by atoms with E-state index in [1.807, 2.05) is 0 Å². The molecule has 1 aliphatic rings. The minimum atomic E-state index is -6.52. The van der Waals surface area contributed by atoms with E-state index in [0.29, 0.717) is 0 Å². The minimum Gasteiger partial charge on any atom is -0.214 e. The lowest BCUT2D eigenvalue weighted by Gasteiger charge is -2.51. The molecule has 0 N–H and O–H groups in total. The maximum atomic E-state index is 13.1. The van der Waals surface area contributed by atoms with Crippen molar-refractivity contribution in [2.75, 3.05) is 0 Å². The van der Waals surface area contributed by atoms with E-state index in [-0.39, 0.29) is 0 Å². The van der Waals surface area contributed by atoms with Gasteiger partial charge in [0, 0.05) is 0 Å². The maximum absolute atomic E-state index is 13.1. The third kappa shape index (κ3) is 1.28. The van der Waals surface area contributed by atoms with Crippen LogP contribution in [-0.4, -0.2) is 33.2 Å². The van der Waals surface area contributed by atoms with Crippen LogP contribution in [0.4, 0.5) is 39.5 Å². The largest absolute Gasteiger partial charge is 0.368 e. The Hall–Kier alpha value is 0.240. The van der Waals surface area contributed by atoms with Crippen molar-refractivity contribution in [3.05, 3.63) is 0 Å². The van der Waals surface area contributed by atoms with Gasteiger partial charge in [0.2, 0.25) is 0 Å². The molecule has 1 rings (SSSR count). The Morgan fingerprint density at radius 3 is 0.944 bits per heavy atom. The van der Waals surface area contributed by atoms with Crippen molar-refractivity contribution in [1.29, 1.82) is 0 Å². The fourth-order valence-electron chi connectivity index (χ4n) is 1.18. The van der Waals surface area contributed by atoms with Crippen molar-refractivity contribution in [1.82, 2.24) is 0 Å². The van der Waals surface area contributed by atoms with Gasteiger partial charge in [-0.2, -0.15) is 26.3 Å². The second-order valence-electron chi connectivity index (χ2n) is 3.45. The Morgan fingerprint density at radius 1 is 0.389 bits per heavy atom. The highest BCUT2D eigenvalue weighted by Crippen LogP contribution is 2.71. The van der Waals surface area contributed by atoms with E-state index in [9.17, 15) is 39.5 Å². The molecule has 1 fully saturated rings. The van der Waals surface area contributed by atoms with Gasteiger partial charge in [-0.15, -0.1) is 0 Å². The Kier molecular flexibility index (Phi) is 3.13. The summed E-state index contributed by atoms with van der Waals surface area (Å²) in [4.78, 5) is 0. The number of hydrogen-bond acceptors (Lipinski definition) is 0. The molecular formula is C6Cl3F9. The topological polar surface area (TPSA) is 0 Å². The molecule has 0 aromatic heterocycles. The van der Waals surface area contributed by atoms with Crippen molar-refractivity contribution >= 4 is 34.8 Å². The molecule has 12 heteroatoms. The van der Waals surface area contributed by atoms with Crippen molar-refractivity contribution < 1.29 is 39.5 Å². The first-order valence-corrected chi connectivity index (χ1v) is 4.90. The van der Waals surface area contributed by atoms with Gasteiger partial charge in [-0.05, 0) is 0 Å². The van der Waals surface area contributed by atoms with Gasteiger partial charge < -0.3 is 0 Å². The molecule has 108 valence electrons. The highest BCUT2D eigenvalue weighted by Gasteiger charge is 2.98. The first kappa shape index (κ1) is 16.3. The first-order valence-electron chi connectivity index (χ1n) is 3.77. The van der Waals surface area contributed by atoms with Gasteiger partial charge >= 0.3 is 33.2 Å². The normalized spacial score (nSPS) is 50.0. The van der Waals surface area contributed by atoms with E-state index in [1.54, 1.807) is 0 Å². The average Bonchev–Trinajstić information content (AvgIpc) is 2.14. The van der Waals surface area contributed by atoms with Crippen molar-refractivity contribution in [3.8, 4) is 0 Å². The van der Waals surface area contributed by atoms with Crippen LogP contribution in [0.15, 0.2) is 0 Å². The molecule has 0 radical (unpaired) electrons. The molecule has 0 heterocycles. The fourth-order valence-corrected chi connectivity index (χ4v) is 1.97. The third-order valence-electron chi connectivity index (χ3n) is 2.37. The lowest BCUT2D eigenvalue weighted by Crippen LogP contribution is -2.81. The van der Waals surface area contributed by atoms with Crippen LogP contribution in [0.2, 0.25) is 0 Å². The van der Waals surface area contributed by atoms with Crippen LogP contribution in [0.25, 0.3) is 0 Å². The summed E-state index contributed by atoms with van der Waals surface area (Å²) >= 11 is 12.1. The minimum absolute atomic E-state index is 3.96. The molecule has 3 unspecified atom stereocenters. The van der Waals surface area contributed by atoms with Gasteiger partial charge in [0.1, 0.15) is 0 Å². The summed E-state index contributed by atoms with van der Waals surface area (Å²) in [6.45, 7) is 0. The summed E-state index contributed by atoms with van der Waals surface area (Å²) in [6, 6.07) is 0. The molecule has 1 aliphatic carbocycles. The van der Waals surface area contributed by atoms with E-state index in [4.69, 9.17) is 0 Å². The van der Waals surface area contributed by atoms with Crippen molar-refractivity contribution in [3.63, 3.8) is 0 Å². The molecule has 0 aliphatic heterocycles. The van der Waals surface area contributed by atoms with E-state index in [1.165, 1.54) is 0 Å². The van der Waals surface area contributed by atoms with E-state index < -0.39 is 33.2 Å². The van der Waals surface area contributed by atoms with Gasteiger partial charge in [0.25, 0.3) is 0 Å². The number of alkyl halides is 12. The fraction of sp³-hybridized carbons (Fsp3) is 1.00. The Morgan fingerprint density at radius 2 is 0.611 bits per heavy atom. The van der Waals surface area contributed by atoms with E-state index >= 15 is 0 Å². The molecular weight excluding hydrogens is 349 g/mol. The van der Waals surface area contributed by atoms with Gasteiger partial charge in [0.05, 0.1) is 0 Å². The lowest BCUT2D eigenvalue weighted by molar-refractivity contribution is -0.383. The van der Waals surface area contributed by atoms with Gasteiger partial charge in [0.15, 0.2) is 0 Å². The Bertz CT molecular complexity index is 257. The second kappa shape index (κ2) is 3.46. The molecule has 1 saturated carbocycles. The van der Waals surface area contributed by atoms with Crippen LogP contribution in [-0.2, 0) is 0 Å². The summed E-state index contributed by atoms with van der Waals surface area (Å²) in [6.07, 6.45) is 0. The number of halogens is 12. The van der Waals surface area contributed by atoms with Crippen LogP contribution >= 0.6 is 34.8 Å². The molecule has 18 heavy (non-hydrogen) atoms. The van der Waals surface area contributed by atoms with Crippen LogP contribution in [0.3, 0.4) is 0 Å². The standard InChI is InChI=1S/C6Cl3F9/c7-1(10)2(8,11)5(15,16)6(17,18)3(9,12)4(1,13)14. The van der Waals surface area contributed by atoms with Gasteiger partial charge in [-0.25, -0.2) is 13.2 Å². The molecule has 0 amide bonds. The molecule has 0 nitrogen and oxygen atoms in total. The average molecular weight is 349 g/mol. The number of rotatable bonds is 0. The summed E-state index contributed by atoms with van der Waals surface area (Å²) in [5.74, 6) is -19.2. The summed E-state index contributed by atoms with van der Waals surface area (Å²) in [5, 5.41) is -17.5. The monoisotopic (exact) mass is 348 g/mol. The second-order valence-corrected chi connectivity index (χ2v) is 5.01. The maximum Gasteiger partial charge on any atom is 0.368 e. The zero-order chi connectivity index (χ0) is 15.0.